The van der Waals surface area contributed by atoms with Crippen LogP contribution in [-0.2, 0) is 9.53 Å². The third-order valence-corrected chi connectivity index (χ3v) is 3.77. The van der Waals surface area contributed by atoms with Crippen molar-refractivity contribution in [3.8, 4) is 6.07 Å². The van der Waals surface area contributed by atoms with Crippen molar-refractivity contribution in [2.45, 2.75) is 18.8 Å². The van der Waals surface area contributed by atoms with Crippen molar-refractivity contribution in [2.75, 3.05) is 13.2 Å². The van der Waals surface area contributed by atoms with E-state index < -0.39 is 5.92 Å². The average molecular weight is 308 g/mol. The number of nitriles is 1. The first-order valence-corrected chi connectivity index (χ1v) is 6.78. The maximum atomic E-state index is 12.3. The summed E-state index contributed by atoms with van der Waals surface area (Å²) in [7, 11) is 0. The number of hydrogen-bond acceptors (Lipinski definition) is 3. The monoisotopic (exact) mass is 307 g/mol. The maximum Gasteiger partial charge on any atom is 0.157 e. The molecule has 0 aliphatic carbocycles. The summed E-state index contributed by atoms with van der Waals surface area (Å²) < 4.78 is 6.19. The predicted molar refractivity (Wildman–Crippen MR) is 71.0 cm³/mol. The molecule has 2 rings (SSSR count). The summed E-state index contributed by atoms with van der Waals surface area (Å²) in [6.07, 6.45) is 1.46. The number of Topliss-reactive ketones (excluding diaryl/α,β-unsaturated/α-hetero) is 1. The van der Waals surface area contributed by atoms with Crippen molar-refractivity contribution in [3.63, 3.8) is 0 Å². The van der Waals surface area contributed by atoms with E-state index in [-0.39, 0.29) is 11.7 Å². The van der Waals surface area contributed by atoms with Gasteiger partial charge in [-0.05, 0) is 30.5 Å². The fourth-order valence-corrected chi connectivity index (χ4v) is 2.44. The van der Waals surface area contributed by atoms with Gasteiger partial charge in [0.2, 0.25) is 0 Å². The van der Waals surface area contributed by atoms with Gasteiger partial charge in [-0.25, -0.2) is 0 Å². The van der Waals surface area contributed by atoms with Crippen LogP contribution in [0.25, 0.3) is 0 Å². The molecular weight excluding hydrogens is 294 g/mol. The van der Waals surface area contributed by atoms with Gasteiger partial charge in [0.15, 0.2) is 5.78 Å². The van der Waals surface area contributed by atoms with E-state index in [4.69, 9.17) is 4.74 Å². The molecule has 1 aromatic carbocycles. The topological polar surface area (TPSA) is 50.1 Å². The Morgan fingerprint density at radius 3 is 2.50 bits per heavy atom. The summed E-state index contributed by atoms with van der Waals surface area (Å²) in [5, 5.41) is 9.24. The molecule has 1 heterocycles. The summed E-state index contributed by atoms with van der Waals surface area (Å²) in [5.41, 5.74) is 0.775. The Labute approximate surface area is 115 Å². The van der Waals surface area contributed by atoms with Crippen LogP contribution in [0.5, 0.6) is 0 Å². The van der Waals surface area contributed by atoms with Crippen LogP contribution >= 0.6 is 15.9 Å². The molecule has 1 atom stereocenters. The second-order valence-electron chi connectivity index (χ2n) is 4.40. The van der Waals surface area contributed by atoms with Gasteiger partial charge in [0, 0.05) is 23.6 Å². The zero-order valence-electron chi connectivity index (χ0n) is 9.93. The Bertz CT molecular complexity index is 458. The molecule has 4 heteroatoms. The molecular formula is C14H14BrNO2. The molecule has 1 saturated heterocycles. The molecule has 94 valence electrons. The molecule has 1 unspecified atom stereocenters. The number of ether oxygens (including phenoxy) is 1. The van der Waals surface area contributed by atoms with Crippen LogP contribution in [0.1, 0.15) is 24.3 Å². The SMILES string of the molecule is N#CC(C(=O)C1CCOCC1)c1ccc(Br)cc1. The van der Waals surface area contributed by atoms with Gasteiger partial charge in [-0.1, -0.05) is 28.1 Å². The predicted octanol–water partition coefficient (Wildman–Crippen LogP) is 3.05. The smallest absolute Gasteiger partial charge is 0.157 e. The Balaban J connectivity index is 2.15. The van der Waals surface area contributed by atoms with Crippen molar-refractivity contribution < 1.29 is 9.53 Å². The molecule has 0 amide bonds. The van der Waals surface area contributed by atoms with Crippen molar-refractivity contribution in [3.05, 3.63) is 34.3 Å². The lowest BCUT2D eigenvalue weighted by atomic mass is 9.84. The fraction of sp³-hybridized carbons (Fsp3) is 0.429. The molecule has 0 radical (unpaired) electrons. The summed E-state index contributed by atoms with van der Waals surface area (Å²) in [6, 6.07) is 9.50. The van der Waals surface area contributed by atoms with Crippen molar-refractivity contribution in [1.29, 1.82) is 5.26 Å². The van der Waals surface area contributed by atoms with E-state index in [2.05, 4.69) is 22.0 Å². The molecule has 1 aromatic rings. The van der Waals surface area contributed by atoms with Crippen LogP contribution in [0, 0.1) is 17.2 Å². The van der Waals surface area contributed by atoms with Crippen molar-refractivity contribution in [2.24, 2.45) is 5.92 Å². The van der Waals surface area contributed by atoms with Crippen LogP contribution in [0.15, 0.2) is 28.7 Å². The minimum atomic E-state index is -0.652. The number of rotatable bonds is 3. The van der Waals surface area contributed by atoms with Crippen LogP contribution in [-0.4, -0.2) is 19.0 Å². The van der Waals surface area contributed by atoms with E-state index in [1.165, 1.54) is 0 Å². The lowest BCUT2D eigenvalue weighted by molar-refractivity contribution is -0.126. The molecule has 1 aliphatic rings. The van der Waals surface area contributed by atoms with Crippen molar-refractivity contribution in [1.82, 2.24) is 0 Å². The number of carbonyl (C=O) groups is 1. The molecule has 0 bridgehead atoms. The summed E-state index contributed by atoms with van der Waals surface area (Å²) in [5.74, 6) is -0.656. The number of hydrogen-bond donors (Lipinski definition) is 0. The summed E-state index contributed by atoms with van der Waals surface area (Å²) in [4.78, 5) is 12.3. The van der Waals surface area contributed by atoms with Crippen LogP contribution in [0.3, 0.4) is 0 Å². The number of carbonyl (C=O) groups excluding carboxylic acids is 1. The number of nitrogens with zero attached hydrogens (tertiary/aromatic N) is 1. The standard InChI is InChI=1S/C14H14BrNO2/c15-12-3-1-10(2-4-12)13(9-16)14(17)11-5-7-18-8-6-11/h1-4,11,13H,5-8H2. The Morgan fingerprint density at radius 1 is 1.33 bits per heavy atom. The third kappa shape index (κ3) is 2.98. The zero-order chi connectivity index (χ0) is 13.0. The Kier molecular flexibility index (Phi) is 4.51. The highest BCUT2D eigenvalue weighted by Crippen LogP contribution is 2.26. The maximum absolute atomic E-state index is 12.3. The van der Waals surface area contributed by atoms with Crippen LogP contribution in [0.4, 0.5) is 0 Å². The van der Waals surface area contributed by atoms with Crippen LogP contribution in [0.2, 0.25) is 0 Å². The van der Waals surface area contributed by atoms with E-state index in [0.717, 1.165) is 22.9 Å². The summed E-state index contributed by atoms with van der Waals surface area (Å²) >= 11 is 3.35. The number of halogens is 1. The van der Waals surface area contributed by atoms with Gasteiger partial charge >= 0.3 is 0 Å². The zero-order valence-corrected chi connectivity index (χ0v) is 11.5. The van der Waals surface area contributed by atoms with Gasteiger partial charge in [-0.3, -0.25) is 4.79 Å². The number of benzene rings is 1. The highest BCUT2D eigenvalue weighted by Gasteiger charge is 2.29. The van der Waals surface area contributed by atoms with E-state index in [0.29, 0.717) is 13.2 Å². The fourth-order valence-electron chi connectivity index (χ4n) is 2.18. The lowest BCUT2D eigenvalue weighted by Crippen LogP contribution is -2.27. The normalized spacial score (nSPS) is 18.0. The lowest BCUT2D eigenvalue weighted by Gasteiger charge is -2.22. The van der Waals surface area contributed by atoms with E-state index in [1.807, 2.05) is 24.3 Å². The molecule has 0 spiro atoms. The van der Waals surface area contributed by atoms with E-state index in [1.54, 1.807) is 0 Å². The molecule has 0 aromatic heterocycles. The van der Waals surface area contributed by atoms with Gasteiger partial charge in [-0.15, -0.1) is 0 Å². The molecule has 1 fully saturated rings. The van der Waals surface area contributed by atoms with Gasteiger partial charge < -0.3 is 4.74 Å². The van der Waals surface area contributed by atoms with Gasteiger partial charge in [0.25, 0.3) is 0 Å². The first-order valence-electron chi connectivity index (χ1n) is 5.99. The van der Waals surface area contributed by atoms with Gasteiger partial charge in [-0.2, -0.15) is 5.26 Å². The Morgan fingerprint density at radius 2 is 1.94 bits per heavy atom. The second kappa shape index (κ2) is 6.12. The molecule has 0 saturated carbocycles. The number of ketones is 1. The molecule has 3 nitrogen and oxygen atoms in total. The minimum Gasteiger partial charge on any atom is -0.381 e. The first kappa shape index (κ1) is 13.3. The third-order valence-electron chi connectivity index (χ3n) is 3.24. The molecule has 1 aliphatic heterocycles. The molecule has 0 N–H and O–H groups in total. The van der Waals surface area contributed by atoms with Crippen LogP contribution < -0.4 is 0 Å². The quantitative estimate of drug-likeness (QED) is 0.862. The van der Waals surface area contributed by atoms with E-state index in [9.17, 15) is 10.1 Å². The molecule has 18 heavy (non-hydrogen) atoms. The second-order valence-corrected chi connectivity index (χ2v) is 5.32. The average Bonchev–Trinajstić information content (AvgIpc) is 2.42. The largest absolute Gasteiger partial charge is 0.381 e. The highest BCUT2D eigenvalue weighted by molar-refractivity contribution is 9.10. The van der Waals surface area contributed by atoms with Gasteiger partial charge in [0.1, 0.15) is 5.92 Å². The summed E-state index contributed by atoms with van der Waals surface area (Å²) in [6.45, 7) is 1.24. The first-order chi connectivity index (χ1) is 8.72. The van der Waals surface area contributed by atoms with Gasteiger partial charge in [0.05, 0.1) is 6.07 Å². The highest BCUT2D eigenvalue weighted by atomic mass is 79.9. The minimum absolute atomic E-state index is 0.0307. The van der Waals surface area contributed by atoms with E-state index >= 15 is 0 Å². The Hall–Kier alpha value is -1.18. The van der Waals surface area contributed by atoms with Crippen molar-refractivity contribution >= 4 is 21.7 Å².